The molecule has 0 radical (unpaired) electrons. The molecule has 130 valence electrons. The molecule has 3 heterocycles. The Bertz CT molecular complexity index is 479. The molecule has 1 unspecified atom stereocenters. The second-order valence-electron chi connectivity index (χ2n) is 7.52. The number of hydrogen-bond acceptors (Lipinski definition) is 4. The third-order valence-corrected chi connectivity index (χ3v) is 5.36. The number of ether oxygens (including phenoxy) is 1. The molecule has 0 saturated carbocycles. The molecule has 1 aromatic heterocycles. The largest absolute Gasteiger partial charge is 0.383 e. The second kappa shape index (κ2) is 7.77. The van der Waals surface area contributed by atoms with Crippen LogP contribution in [0.15, 0.2) is 6.33 Å². The molecule has 3 rings (SSSR count). The summed E-state index contributed by atoms with van der Waals surface area (Å²) >= 11 is 0. The summed E-state index contributed by atoms with van der Waals surface area (Å²) in [6.07, 6.45) is 5.56. The van der Waals surface area contributed by atoms with Gasteiger partial charge in [-0.3, -0.25) is 4.90 Å². The first kappa shape index (κ1) is 16.9. The molecule has 5 nitrogen and oxygen atoms in total. The van der Waals surface area contributed by atoms with Gasteiger partial charge in [-0.1, -0.05) is 13.8 Å². The number of aromatic nitrogens is 2. The molecule has 0 aromatic carbocycles. The van der Waals surface area contributed by atoms with Crippen molar-refractivity contribution in [2.75, 3.05) is 46.4 Å². The molecule has 0 aliphatic carbocycles. The number of H-pyrrole nitrogens is 1. The minimum absolute atomic E-state index is 0.511. The van der Waals surface area contributed by atoms with Crippen LogP contribution in [0.2, 0.25) is 0 Å². The first-order valence-corrected chi connectivity index (χ1v) is 9.16. The quantitative estimate of drug-likeness (QED) is 0.874. The number of fused-ring (bicyclic) bond motifs is 1. The number of nitrogens with one attached hydrogen (secondary N) is 1. The van der Waals surface area contributed by atoms with Crippen molar-refractivity contribution in [1.29, 1.82) is 0 Å². The summed E-state index contributed by atoms with van der Waals surface area (Å²) in [6.45, 7) is 11.3. The monoisotopic (exact) mass is 320 g/mol. The molecule has 0 spiro atoms. The minimum Gasteiger partial charge on any atom is -0.383 e. The van der Waals surface area contributed by atoms with Crippen molar-refractivity contribution in [2.45, 2.75) is 39.2 Å². The number of aromatic amines is 1. The van der Waals surface area contributed by atoms with Gasteiger partial charge >= 0.3 is 0 Å². The second-order valence-corrected chi connectivity index (χ2v) is 7.52. The Morgan fingerprint density at radius 3 is 2.78 bits per heavy atom. The van der Waals surface area contributed by atoms with E-state index in [1.54, 1.807) is 7.11 Å². The topological polar surface area (TPSA) is 44.4 Å². The van der Waals surface area contributed by atoms with Crippen molar-refractivity contribution in [3.63, 3.8) is 0 Å². The van der Waals surface area contributed by atoms with Crippen molar-refractivity contribution >= 4 is 0 Å². The van der Waals surface area contributed by atoms with Crippen LogP contribution in [0.25, 0.3) is 0 Å². The van der Waals surface area contributed by atoms with E-state index in [1.165, 1.54) is 50.4 Å². The number of hydrogen-bond donors (Lipinski definition) is 1. The molecular weight excluding hydrogens is 288 g/mol. The Morgan fingerprint density at radius 2 is 2.09 bits per heavy atom. The van der Waals surface area contributed by atoms with Crippen molar-refractivity contribution in [3.05, 3.63) is 17.7 Å². The van der Waals surface area contributed by atoms with Crippen LogP contribution in [0.3, 0.4) is 0 Å². The average Bonchev–Trinajstić information content (AvgIpc) is 3.01. The highest BCUT2D eigenvalue weighted by atomic mass is 16.5. The zero-order valence-electron chi connectivity index (χ0n) is 14.9. The van der Waals surface area contributed by atoms with Gasteiger partial charge in [0.2, 0.25) is 0 Å². The Balaban J connectivity index is 1.68. The predicted molar refractivity (Wildman–Crippen MR) is 92.5 cm³/mol. The molecule has 2 aliphatic rings. The van der Waals surface area contributed by atoms with Gasteiger partial charge < -0.3 is 14.6 Å². The first-order chi connectivity index (χ1) is 11.2. The van der Waals surface area contributed by atoms with Crippen molar-refractivity contribution in [2.24, 2.45) is 11.8 Å². The molecule has 23 heavy (non-hydrogen) atoms. The maximum atomic E-state index is 5.22. The summed E-state index contributed by atoms with van der Waals surface area (Å²) in [7, 11) is 1.79. The van der Waals surface area contributed by atoms with Crippen LogP contribution in [0.4, 0.5) is 0 Å². The van der Waals surface area contributed by atoms with Crippen molar-refractivity contribution < 1.29 is 4.74 Å². The fourth-order valence-corrected chi connectivity index (χ4v) is 4.26. The normalized spacial score (nSPS) is 24.3. The SMILES string of the molecule is COCCN1CCC(C2c3nc[nH]c3CCN2CC(C)C)CC1. The van der Waals surface area contributed by atoms with Gasteiger partial charge in [0.15, 0.2) is 0 Å². The summed E-state index contributed by atoms with van der Waals surface area (Å²) in [4.78, 5) is 13.3. The number of nitrogens with zero attached hydrogens (tertiary/aromatic N) is 3. The van der Waals surface area contributed by atoms with Crippen LogP contribution < -0.4 is 0 Å². The maximum Gasteiger partial charge on any atom is 0.0925 e. The smallest absolute Gasteiger partial charge is 0.0925 e. The molecular formula is C18H32N4O. The standard InChI is InChI=1S/C18H32N4O/c1-14(2)12-22-9-6-16-17(20-13-19-16)18(22)15-4-7-21(8-5-15)10-11-23-3/h13-15,18H,4-12H2,1-3H3,(H,19,20). The van der Waals surface area contributed by atoms with Gasteiger partial charge in [0.25, 0.3) is 0 Å². The van der Waals surface area contributed by atoms with Crippen LogP contribution in [0, 0.1) is 11.8 Å². The molecule has 1 atom stereocenters. The van der Waals surface area contributed by atoms with E-state index < -0.39 is 0 Å². The van der Waals surface area contributed by atoms with Gasteiger partial charge in [-0.05, 0) is 37.8 Å². The van der Waals surface area contributed by atoms with E-state index in [0.29, 0.717) is 12.0 Å². The molecule has 1 N–H and O–H groups in total. The molecule has 1 aromatic rings. The number of piperidine rings is 1. The van der Waals surface area contributed by atoms with Crippen LogP contribution in [0.5, 0.6) is 0 Å². The predicted octanol–water partition coefficient (Wildman–Crippen LogP) is 2.32. The maximum absolute atomic E-state index is 5.22. The average molecular weight is 320 g/mol. The number of rotatable bonds is 6. The lowest BCUT2D eigenvalue weighted by Crippen LogP contribution is -2.45. The van der Waals surface area contributed by atoms with E-state index in [9.17, 15) is 0 Å². The van der Waals surface area contributed by atoms with Gasteiger partial charge in [-0.25, -0.2) is 4.98 Å². The van der Waals surface area contributed by atoms with E-state index in [2.05, 4.69) is 28.6 Å². The third kappa shape index (κ3) is 3.95. The summed E-state index contributed by atoms with van der Waals surface area (Å²) in [5.74, 6) is 1.44. The van der Waals surface area contributed by atoms with Gasteiger partial charge in [-0.15, -0.1) is 0 Å². The lowest BCUT2D eigenvalue weighted by molar-refractivity contribution is 0.0591. The molecule has 1 saturated heterocycles. The van der Waals surface area contributed by atoms with Crippen LogP contribution in [0.1, 0.15) is 44.1 Å². The number of imidazole rings is 1. The Kier molecular flexibility index (Phi) is 5.72. The van der Waals surface area contributed by atoms with Gasteiger partial charge in [0.1, 0.15) is 0 Å². The minimum atomic E-state index is 0.511. The van der Waals surface area contributed by atoms with Gasteiger partial charge in [0.05, 0.1) is 24.7 Å². The summed E-state index contributed by atoms with van der Waals surface area (Å²) in [5.41, 5.74) is 2.70. The van der Waals surface area contributed by atoms with Gasteiger partial charge in [-0.2, -0.15) is 0 Å². The summed E-state index contributed by atoms with van der Waals surface area (Å²) in [6, 6.07) is 0.511. The zero-order valence-corrected chi connectivity index (χ0v) is 14.9. The molecule has 2 aliphatic heterocycles. The zero-order chi connectivity index (χ0) is 16.2. The fourth-order valence-electron chi connectivity index (χ4n) is 4.26. The highest BCUT2D eigenvalue weighted by Gasteiger charge is 2.37. The number of likely N-dealkylation sites (tertiary alicyclic amines) is 1. The number of methoxy groups -OCH3 is 1. The van der Waals surface area contributed by atoms with Crippen LogP contribution in [-0.4, -0.2) is 66.2 Å². The lowest BCUT2D eigenvalue weighted by Gasteiger charge is -2.43. The van der Waals surface area contributed by atoms with Crippen molar-refractivity contribution in [3.8, 4) is 0 Å². The molecule has 5 heteroatoms. The van der Waals surface area contributed by atoms with E-state index in [4.69, 9.17) is 9.72 Å². The van der Waals surface area contributed by atoms with E-state index in [1.807, 2.05) is 6.33 Å². The van der Waals surface area contributed by atoms with E-state index >= 15 is 0 Å². The highest BCUT2D eigenvalue weighted by Crippen LogP contribution is 2.38. The van der Waals surface area contributed by atoms with E-state index in [0.717, 1.165) is 25.5 Å². The summed E-state index contributed by atoms with van der Waals surface area (Å²) in [5, 5.41) is 0. The van der Waals surface area contributed by atoms with Crippen LogP contribution >= 0.6 is 0 Å². The van der Waals surface area contributed by atoms with Gasteiger partial charge in [0, 0.05) is 38.9 Å². The lowest BCUT2D eigenvalue weighted by atomic mass is 9.83. The first-order valence-electron chi connectivity index (χ1n) is 9.16. The van der Waals surface area contributed by atoms with Crippen molar-refractivity contribution in [1.82, 2.24) is 19.8 Å². The molecule has 0 amide bonds. The molecule has 0 bridgehead atoms. The van der Waals surface area contributed by atoms with E-state index in [-0.39, 0.29) is 0 Å². The molecule has 1 fully saturated rings. The van der Waals surface area contributed by atoms with Crippen LogP contribution in [-0.2, 0) is 11.2 Å². The summed E-state index contributed by atoms with van der Waals surface area (Å²) < 4.78 is 5.22. The third-order valence-electron chi connectivity index (χ3n) is 5.36. The fraction of sp³-hybridized carbons (Fsp3) is 0.833. The Labute approximate surface area is 140 Å². The Hall–Kier alpha value is -0.910. The highest BCUT2D eigenvalue weighted by molar-refractivity contribution is 5.21. The Morgan fingerprint density at radius 1 is 1.30 bits per heavy atom.